The number of fused-ring (bicyclic) bond motifs is 1. The molecule has 0 saturated carbocycles. The second-order valence-electron chi connectivity index (χ2n) is 6.13. The highest BCUT2D eigenvalue weighted by molar-refractivity contribution is 7.16. The van der Waals surface area contributed by atoms with Crippen LogP contribution in [0.2, 0.25) is 0 Å². The minimum atomic E-state index is -0.583. The van der Waals surface area contributed by atoms with Gasteiger partial charge in [-0.3, -0.25) is 4.79 Å². The van der Waals surface area contributed by atoms with Crippen LogP contribution in [-0.2, 0) is 14.3 Å². The molecule has 0 aliphatic carbocycles. The van der Waals surface area contributed by atoms with Crippen molar-refractivity contribution in [3.8, 4) is 21.9 Å². The van der Waals surface area contributed by atoms with E-state index in [-0.39, 0.29) is 13.4 Å². The number of ether oxygens (including phenoxy) is 3. The first-order chi connectivity index (χ1) is 14.2. The zero-order valence-electron chi connectivity index (χ0n) is 15.3. The number of hydrogen-bond donors (Lipinski definition) is 1. The molecule has 1 aliphatic rings. The molecule has 0 fully saturated rings. The topological polar surface area (TPSA) is 73.9 Å². The highest BCUT2D eigenvalue weighted by atomic mass is 32.1. The summed E-state index contributed by atoms with van der Waals surface area (Å²) in [5.41, 5.74) is 1.66. The molecule has 1 N–H and O–H groups in total. The maximum Gasteiger partial charge on any atom is 0.331 e. The van der Waals surface area contributed by atoms with Gasteiger partial charge in [-0.2, -0.15) is 0 Å². The highest BCUT2D eigenvalue weighted by Crippen LogP contribution is 2.34. The van der Waals surface area contributed by atoms with Crippen LogP contribution < -0.4 is 14.8 Å². The molecular formula is C22H17NO5S. The SMILES string of the molecule is O=C(COC(=O)/C=C/c1ccc(-c2ccccc2)s1)Nc1ccc2c(c1)OCO2. The largest absolute Gasteiger partial charge is 0.454 e. The van der Waals surface area contributed by atoms with Gasteiger partial charge in [0, 0.05) is 27.6 Å². The Hall–Kier alpha value is -3.58. The Bertz CT molecular complexity index is 1060. The molecule has 1 amide bonds. The summed E-state index contributed by atoms with van der Waals surface area (Å²) in [5, 5.41) is 2.65. The van der Waals surface area contributed by atoms with Crippen LogP contribution in [0.3, 0.4) is 0 Å². The van der Waals surface area contributed by atoms with E-state index in [1.54, 1.807) is 35.6 Å². The number of anilines is 1. The zero-order chi connectivity index (χ0) is 20.1. The second-order valence-corrected chi connectivity index (χ2v) is 7.24. The van der Waals surface area contributed by atoms with E-state index in [4.69, 9.17) is 14.2 Å². The van der Waals surface area contributed by atoms with Crippen molar-refractivity contribution < 1.29 is 23.8 Å². The van der Waals surface area contributed by atoms with Gasteiger partial charge in [0.05, 0.1) is 0 Å². The first kappa shape index (κ1) is 18.8. The minimum absolute atomic E-state index is 0.160. The molecule has 0 saturated heterocycles. The average molecular weight is 407 g/mol. The summed E-state index contributed by atoms with van der Waals surface area (Å²) < 4.78 is 15.5. The molecule has 0 spiro atoms. The molecule has 146 valence electrons. The van der Waals surface area contributed by atoms with E-state index in [1.807, 2.05) is 42.5 Å². The number of nitrogens with one attached hydrogen (secondary N) is 1. The van der Waals surface area contributed by atoms with Gasteiger partial charge in [0.1, 0.15) is 0 Å². The summed E-state index contributed by atoms with van der Waals surface area (Å²) in [4.78, 5) is 25.9. The monoisotopic (exact) mass is 407 g/mol. The Balaban J connectivity index is 1.26. The molecule has 0 radical (unpaired) electrons. The van der Waals surface area contributed by atoms with E-state index in [9.17, 15) is 9.59 Å². The molecule has 7 heteroatoms. The molecular weight excluding hydrogens is 390 g/mol. The van der Waals surface area contributed by atoms with E-state index < -0.39 is 11.9 Å². The van der Waals surface area contributed by atoms with E-state index >= 15 is 0 Å². The molecule has 4 rings (SSSR count). The van der Waals surface area contributed by atoms with E-state index in [1.165, 1.54) is 6.08 Å². The van der Waals surface area contributed by atoms with Crippen LogP contribution in [0.4, 0.5) is 5.69 Å². The van der Waals surface area contributed by atoms with Crippen LogP contribution in [0.5, 0.6) is 11.5 Å². The van der Waals surface area contributed by atoms with Crippen LogP contribution in [-0.4, -0.2) is 25.3 Å². The van der Waals surface area contributed by atoms with Gasteiger partial charge >= 0.3 is 5.97 Å². The number of hydrogen-bond acceptors (Lipinski definition) is 6. The predicted molar refractivity (Wildman–Crippen MR) is 111 cm³/mol. The van der Waals surface area contributed by atoms with Crippen molar-refractivity contribution >= 4 is 35.0 Å². The number of rotatable bonds is 6. The summed E-state index contributed by atoms with van der Waals surface area (Å²) in [7, 11) is 0. The molecule has 0 atom stereocenters. The quantitative estimate of drug-likeness (QED) is 0.486. The van der Waals surface area contributed by atoms with E-state index in [2.05, 4.69) is 5.32 Å². The van der Waals surface area contributed by atoms with Crippen LogP contribution in [0.15, 0.2) is 66.7 Å². The Morgan fingerprint density at radius 3 is 2.72 bits per heavy atom. The first-order valence-corrected chi connectivity index (χ1v) is 9.69. The van der Waals surface area contributed by atoms with E-state index in [0.29, 0.717) is 17.2 Å². The standard InChI is InChI=1S/C22H17NO5S/c24-21(23-16-6-9-18-19(12-16)28-14-27-18)13-26-22(25)11-8-17-7-10-20(29-17)15-4-2-1-3-5-15/h1-12H,13-14H2,(H,23,24)/b11-8+. The Morgan fingerprint density at radius 2 is 1.86 bits per heavy atom. The van der Waals surface area contributed by atoms with Crippen molar-refractivity contribution in [1.82, 2.24) is 0 Å². The van der Waals surface area contributed by atoms with E-state index in [0.717, 1.165) is 15.3 Å². The Kier molecular flexibility index (Phi) is 5.58. The number of carbonyl (C=O) groups is 2. The third-order valence-corrected chi connectivity index (χ3v) is 5.17. The van der Waals surface area contributed by atoms with Crippen LogP contribution >= 0.6 is 11.3 Å². The van der Waals surface area contributed by atoms with Crippen molar-refractivity contribution in [1.29, 1.82) is 0 Å². The van der Waals surface area contributed by atoms with Gasteiger partial charge in [0.25, 0.3) is 5.91 Å². The number of amides is 1. The van der Waals surface area contributed by atoms with Crippen molar-refractivity contribution in [2.24, 2.45) is 0 Å². The fraction of sp³-hybridized carbons (Fsp3) is 0.0909. The highest BCUT2D eigenvalue weighted by Gasteiger charge is 2.14. The van der Waals surface area contributed by atoms with Crippen LogP contribution in [0, 0.1) is 0 Å². The average Bonchev–Trinajstić information content (AvgIpc) is 3.40. The number of carbonyl (C=O) groups excluding carboxylic acids is 2. The molecule has 3 aromatic rings. The minimum Gasteiger partial charge on any atom is -0.454 e. The van der Waals surface area contributed by atoms with Crippen molar-refractivity contribution in [2.45, 2.75) is 0 Å². The molecule has 2 aromatic carbocycles. The lowest BCUT2D eigenvalue weighted by atomic mass is 10.2. The summed E-state index contributed by atoms with van der Waals surface area (Å²) in [6.07, 6.45) is 2.99. The second kappa shape index (κ2) is 8.62. The van der Waals surface area contributed by atoms with Crippen molar-refractivity contribution in [3.63, 3.8) is 0 Å². The van der Waals surface area contributed by atoms with Gasteiger partial charge in [-0.1, -0.05) is 30.3 Å². The van der Waals surface area contributed by atoms with Crippen LogP contribution in [0.1, 0.15) is 4.88 Å². The molecule has 0 unspecified atom stereocenters. The number of esters is 1. The molecule has 29 heavy (non-hydrogen) atoms. The fourth-order valence-corrected chi connectivity index (χ4v) is 3.62. The normalized spacial score (nSPS) is 12.1. The Labute approximate surface area is 171 Å². The van der Waals surface area contributed by atoms with Crippen LogP contribution in [0.25, 0.3) is 16.5 Å². The molecule has 1 aromatic heterocycles. The number of benzene rings is 2. The third kappa shape index (κ3) is 4.83. The van der Waals surface area contributed by atoms with Gasteiger partial charge in [-0.25, -0.2) is 4.79 Å². The maximum atomic E-state index is 12.0. The predicted octanol–water partition coefficient (Wildman–Crippen LogP) is 4.34. The molecule has 0 bridgehead atoms. The van der Waals surface area contributed by atoms with Crippen molar-refractivity contribution in [2.75, 3.05) is 18.7 Å². The summed E-state index contributed by atoms with van der Waals surface area (Å²) in [6, 6.07) is 19.0. The molecule has 6 nitrogen and oxygen atoms in total. The third-order valence-electron chi connectivity index (χ3n) is 4.07. The van der Waals surface area contributed by atoms with Gasteiger partial charge in [-0.05, 0) is 35.9 Å². The lowest BCUT2D eigenvalue weighted by molar-refractivity contribution is -0.142. The lowest BCUT2D eigenvalue weighted by Gasteiger charge is -2.06. The summed E-state index contributed by atoms with van der Waals surface area (Å²) in [6.45, 7) is -0.217. The summed E-state index contributed by atoms with van der Waals surface area (Å²) in [5.74, 6) is 0.172. The zero-order valence-corrected chi connectivity index (χ0v) is 16.1. The molecule has 1 aliphatic heterocycles. The van der Waals surface area contributed by atoms with Gasteiger partial charge in [0.15, 0.2) is 18.1 Å². The Morgan fingerprint density at radius 1 is 1.03 bits per heavy atom. The van der Waals surface area contributed by atoms with Gasteiger partial charge in [-0.15, -0.1) is 11.3 Å². The van der Waals surface area contributed by atoms with Gasteiger partial charge in [0.2, 0.25) is 6.79 Å². The summed E-state index contributed by atoms with van der Waals surface area (Å²) >= 11 is 1.57. The molecule has 2 heterocycles. The number of thiophene rings is 1. The van der Waals surface area contributed by atoms with Crippen molar-refractivity contribution in [3.05, 3.63) is 71.6 Å². The van der Waals surface area contributed by atoms with Gasteiger partial charge < -0.3 is 19.5 Å². The lowest BCUT2D eigenvalue weighted by Crippen LogP contribution is -2.20. The smallest absolute Gasteiger partial charge is 0.331 e. The maximum absolute atomic E-state index is 12.0. The first-order valence-electron chi connectivity index (χ1n) is 8.87. The fourth-order valence-electron chi connectivity index (χ4n) is 2.71.